The van der Waals surface area contributed by atoms with Crippen LogP contribution in [0.5, 0.6) is 11.6 Å². The summed E-state index contributed by atoms with van der Waals surface area (Å²) in [5, 5.41) is 3.48. The summed E-state index contributed by atoms with van der Waals surface area (Å²) in [5.74, 6) is 0.930. The predicted octanol–water partition coefficient (Wildman–Crippen LogP) is 3.88. The van der Waals surface area contributed by atoms with Gasteiger partial charge in [-0.3, -0.25) is 0 Å². The first-order valence-corrected chi connectivity index (χ1v) is 7.25. The number of hydrogen-bond acceptors (Lipinski definition) is 3. The molecule has 0 atom stereocenters. The number of nitrogens with zero attached hydrogens (tertiary/aromatic N) is 1. The highest BCUT2D eigenvalue weighted by Crippen LogP contribution is 2.26. The van der Waals surface area contributed by atoms with Crippen molar-refractivity contribution in [3.8, 4) is 11.6 Å². The Kier molecular flexibility index (Phi) is 3.88. The number of ether oxygens (including phenoxy) is 1. The maximum Gasteiger partial charge on any atom is 0.219 e. The number of hydrogen-bond donors (Lipinski definition) is 1. The van der Waals surface area contributed by atoms with Crippen LogP contribution in [0, 0.1) is 19.7 Å². The van der Waals surface area contributed by atoms with Crippen LogP contribution in [0.4, 0.5) is 4.39 Å². The van der Waals surface area contributed by atoms with Crippen LogP contribution in [-0.4, -0.2) is 11.0 Å². The van der Waals surface area contributed by atoms with E-state index in [9.17, 15) is 4.39 Å². The molecule has 1 aromatic heterocycles. The van der Waals surface area contributed by atoms with Gasteiger partial charge < -0.3 is 10.1 Å². The van der Waals surface area contributed by atoms with Crippen molar-refractivity contribution in [2.45, 2.75) is 39.3 Å². The molecular weight excluding hydrogens is 267 g/mol. The fraction of sp³-hybridized carbons (Fsp3) is 0.353. The van der Waals surface area contributed by atoms with Gasteiger partial charge in [0, 0.05) is 24.3 Å². The van der Waals surface area contributed by atoms with E-state index < -0.39 is 0 Å². The number of benzene rings is 1. The van der Waals surface area contributed by atoms with E-state index in [-0.39, 0.29) is 5.82 Å². The molecule has 3 nitrogen and oxygen atoms in total. The molecule has 1 aromatic carbocycles. The van der Waals surface area contributed by atoms with Crippen molar-refractivity contribution < 1.29 is 9.13 Å². The number of nitrogens with one attached hydrogen (secondary N) is 1. The molecule has 1 saturated carbocycles. The highest BCUT2D eigenvalue weighted by Gasteiger charge is 2.20. The van der Waals surface area contributed by atoms with Crippen LogP contribution in [0.1, 0.15) is 29.7 Å². The van der Waals surface area contributed by atoms with E-state index in [4.69, 9.17) is 4.74 Å². The lowest BCUT2D eigenvalue weighted by atomic mass is 10.2. The second-order valence-corrected chi connectivity index (χ2v) is 5.62. The van der Waals surface area contributed by atoms with Gasteiger partial charge in [0.15, 0.2) is 0 Å². The molecule has 0 bridgehead atoms. The first kappa shape index (κ1) is 14.0. The fourth-order valence-corrected chi connectivity index (χ4v) is 2.25. The molecule has 1 heterocycles. The van der Waals surface area contributed by atoms with Gasteiger partial charge in [-0.2, -0.15) is 0 Å². The van der Waals surface area contributed by atoms with Crippen molar-refractivity contribution in [3.05, 3.63) is 53.0 Å². The Morgan fingerprint density at radius 2 is 2.05 bits per heavy atom. The van der Waals surface area contributed by atoms with Gasteiger partial charge in [-0.25, -0.2) is 9.37 Å². The molecule has 0 spiro atoms. The highest BCUT2D eigenvalue weighted by molar-refractivity contribution is 5.36. The number of rotatable bonds is 5. The number of aryl methyl sites for hydroxylation is 2. The van der Waals surface area contributed by atoms with E-state index in [0.717, 1.165) is 23.4 Å². The number of aromatic nitrogens is 1. The average molecular weight is 286 g/mol. The summed E-state index contributed by atoms with van der Waals surface area (Å²) in [7, 11) is 0. The Balaban J connectivity index is 1.77. The van der Waals surface area contributed by atoms with Crippen molar-refractivity contribution in [1.29, 1.82) is 0 Å². The Bertz CT molecular complexity index is 653. The largest absolute Gasteiger partial charge is 0.439 e. The minimum absolute atomic E-state index is 0.258. The van der Waals surface area contributed by atoms with Gasteiger partial charge >= 0.3 is 0 Å². The first-order chi connectivity index (χ1) is 10.1. The van der Waals surface area contributed by atoms with E-state index in [1.807, 2.05) is 19.9 Å². The Hall–Kier alpha value is -1.94. The zero-order valence-corrected chi connectivity index (χ0v) is 12.3. The smallest absolute Gasteiger partial charge is 0.219 e. The second kappa shape index (κ2) is 5.82. The molecule has 4 heteroatoms. The summed E-state index contributed by atoms with van der Waals surface area (Å²) in [4.78, 5) is 4.39. The molecule has 1 fully saturated rings. The molecule has 3 rings (SSSR count). The molecule has 0 amide bonds. The van der Waals surface area contributed by atoms with Crippen LogP contribution in [0.25, 0.3) is 0 Å². The lowest BCUT2D eigenvalue weighted by Crippen LogP contribution is -2.15. The van der Waals surface area contributed by atoms with Crippen molar-refractivity contribution >= 4 is 0 Å². The van der Waals surface area contributed by atoms with E-state index >= 15 is 0 Å². The van der Waals surface area contributed by atoms with Gasteiger partial charge in [0.1, 0.15) is 11.6 Å². The monoisotopic (exact) mass is 286 g/mol. The molecule has 21 heavy (non-hydrogen) atoms. The third kappa shape index (κ3) is 3.79. The zero-order chi connectivity index (χ0) is 14.8. The second-order valence-electron chi connectivity index (χ2n) is 5.62. The van der Waals surface area contributed by atoms with Crippen LogP contribution in [-0.2, 0) is 6.54 Å². The zero-order valence-electron chi connectivity index (χ0n) is 12.3. The van der Waals surface area contributed by atoms with Gasteiger partial charge in [-0.1, -0.05) is 0 Å². The molecule has 110 valence electrons. The number of pyridine rings is 1. The van der Waals surface area contributed by atoms with E-state index in [0.29, 0.717) is 17.7 Å². The minimum atomic E-state index is -0.258. The first-order valence-electron chi connectivity index (χ1n) is 7.25. The summed E-state index contributed by atoms with van der Waals surface area (Å²) in [6, 6.07) is 9.15. The van der Waals surface area contributed by atoms with Gasteiger partial charge in [-0.15, -0.1) is 0 Å². The van der Waals surface area contributed by atoms with Crippen LogP contribution in [0.2, 0.25) is 0 Å². The van der Waals surface area contributed by atoms with Crippen molar-refractivity contribution in [2.24, 2.45) is 0 Å². The average Bonchev–Trinajstić information content (AvgIpc) is 3.23. The van der Waals surface area contributed by atoms with Gasteiger partial charge in [0.2, 0.25) is 5.88 Å². The van der Waals surface area contributed by atoms with Crippen molar-refractivity contribution in [2.75, 3.05) is 0 Å². The summed E-state index contributed by atoms with van der Waals surface area (Å²) >= 11 is 0. The lowest BCUT2D eigenvalue weighted by molar-refractivity contribution is 0.455. The molecule has 2 aromatic rings. The highest BCUT2D eigenvalue weighted by atomic mass is 19.1. The normalized spacial score (nSPS) is 14.2. The maximum atomic E-state index is 13.1. The van der Waals surface area contributed by atoms with Gasteiger partial charge in [-0.05, 0) is 62.1 Å². The van der Waals surface area contributed by atoms with E-state index in [1.165, 1.54) is 25.0 Å². The van der Waals surface area contributed by atoms with E-state index in [2.05, 4.69) is 16.4 Å². The molecule has 1 aliphatic carbocycles. The Labute approximate surface area is 124 Å². The molecule has 0 aliphatic heterocycles. The van der Waals surface area contributed by atoms with Crippen LogP contribution in [0.15, 0.2) is 30.3 Å². The Morgan fingerprint density at radius 3 is 2.76 bits per heavy atom. The van der Waals surface area contributed by atoms with E-state index in [1.54, 1.807) is 6.07 Å². The van der Waals surface area contributed by atoms with Crippen LogP contribution >= 0.6 is 0 Å². The molecule has 0 radical (unpaired) electrons. The van der Waals surface area contributed by atoms with Crippen LogP contribution in [0.3, 0.4) is 0 Å². The molecule has 1 N–H and O–H groups in total. The summed E-state index contributed by atoms with van der Waals surface area (Å²) in [6.07, 6.45) is 2.53. The summed E-state index contributed by atoms with van der Waals surface area (Å²) in [5.41, 5.74) is 2.83. The molecular formula is C17H19FN2O. The predicted molar refractivity (Wildman–Crippen MR) is 80.0 cm³/mol. The lowest BCUT2D eigenvalue weighted by Gasteiger charge is -2.11. The number of halogens is 1. The fourth-order valence-electron chi connectivity index (χ4n) is 2.25. The molecule has 0 unspecified atom stereocenters. The quantitative estimate of drug-likeness (QED) is 0.905. The third-order valence-electron chi connectivity index (χ3n) is 3.51. The molecule has 0 saturated heterocycles. The SMILES string of the molecule is Cc1cc(CNC2CC2)cc(Oc2ccc(F)cc2C)n1. The minimum Gasteiger partial charge on any atom is -0.439 e. The maximum absolute atomic E-state index is 13.1. The van der Waals surface area contributed by atoms with Crippen molar-refractivity contribution in [1.82, 2.24) is 10.3 Å². The van der Waals surface area contributed by atoms with Gasteiger partial charge in [0.05, 0.1) is 0 Å². The van der Waals surface area contributed by atoms with Crippen LogP contribution < -0.4 is 10.1 Å². The summed E-state index contributed by atoms with van der Waals surface area (Å²) < 4.78 is 18.9. The molecule has 1 aliphatic rings. The Morgan fingerprint density at radius 1 is 1.24 bits per heavy atom. The third-order valence-corrected chi connectivity index (χ3v) is 3.51. The van der Waals surface area contributed by atoms with Gasteiger partial charge in [0.25, 0.3) is 0 Å². The standard InChI is InChI=1S/C17H19FN2O/c1-11-7-14(18)3-6-16(11)21-17-9-13(8-12(2)20-17)10-19-15-4-5-15/h3,6-9,15,19H,4-5,10H2,1-2H3. The van der Waals surface area contributed by atoms with Crippen molar-refractivity contribution in [3.63, 3.8) is 0 Å². The summed E-state index contributed by atoms with van der Waals surface area (Å²) in [6.45, 7) is 4.60. The topological polar surface area (TPSA) is 34.1 Å².